The quantitative estimate of drug-likeness (QED) is 0.289. The van der Waals surface area contributed by atoms with Crippen LogP contribution in [0.25, 0.3) is 0 Å². The molecule has 0 N–H and O–H groups in total. The molecule has 0 aromatic carbocycles. The van der Waals surface area contributed by atoms with Crippen LogP contribution in [0.1, 0.15) is 117 Å². The molecular weight excluding hydrogens is 240 g/mol. The van der Waals surface area contributed by atoms with Crippen molar-refractivity contribution in [3.8, 4) is 0 Å². The Kier molecular flexibility index (Phi) is 11.5. The van der Waals surface area contributed by atoms with E-state index in [1.54, 1.807) is 0 Å². The van der Waals surface area contributed by atoms with Gasteiger partial charge in [0, 0.05) is 0 Å². The molecule has 0 radical (unpaired) electrons. The average molecular weight is 281 g/mol. The molecule has 0 spiro atoms. The predicted octanol–water partition coefficient (Wildman–Crippen LogP) is 7.51. The first-order valence-corrected chi connectivity index (χ1v) is 9.83. The Morgan fingerprint density at radius 3 is 1.85 bits per heavy atom. The van der Waals surface area contributed by atoms with Crippen LogP contribution in [0.15, 0.2) is 0 Å². The van der Waals surface area contributed by atoms with Gasteiger partial charge in [0.1, 0.15) is 0 Å². The molecule has 1 saturated carbocycles. The Morgan fingerprint density at radius 1 is 0.750 bits per heavy atom. The lowest BCUT2D eigenvalue weighted by Gasteiger charge is -2.24. The highest BCUT2D eigenvalue weighted by Gasteiger charge is 2.15. The van der Waals surface area contributed by atoms with Gasteiger partial charge in [0.2, 0.25) is 0 Å². The van der Waals surface area contributed by atoms with E-state index in [4.69, 9.17) is 0 Å². The van der Waals surface area contributed by atoms with Gasteiger partial charge in [-0.05, 0) is 11.8 Å². The molecule has 0 aliphatic heterocycles. The van der Waals surface area contributed by atoms with Crippen molar-refractivity contribution in [2.45, 2.75) is 117 Å². The zero-order chi connectivity index (χ0) is 14.5. The molecule has 0 heterocycles. The van der Waals surface area contributed by atoms with E-state index < -0.39 is 0 Å². The molecular formula is C20H40. The third kappa shape index (κ3) is 9.83. The Balaban J connectivity index is 1.72. The molecule has 1 aliphatic carbocycles. The average Bonchev–Trinajstić information content (AvgIpc) is 2.40. The van der Waals surface area contributed by atoms with Crippen LogP contribution in [0, 0.1) is 11.8 Å². The van der Waals surface area contributed by atoms with Crippen molar-refractivity contribution in [2.24, 2.45) is 11.8 Å². The second-order valence-corrected chi connectivity index (χ2v) is 7.45. The molecule has 1 atom stereocenters. The Labute approximate surface area is 129 Å². The van der Waals surface area contributed by atoms with E-state index in [0.717, 1.165) is 11.8 Å². The van der Waals surface area contributed by atoms with Crippen LogP contribution in [0.3, 0.4) is 0 Å². The summed E-state index contributed by atoms with van der Waals surface area (Å²) in [4.78, 5) is 0. The number of hydrogen-bond acceptors (Lipinski definition) is 0. The van der Waals surface area contributed by atoms with Crippen molar-refractivity contribution in [1.82, 2.24) is 0 Å². The van der Waals surface area contributed by atoms with E-state index >= 15 is 0 Å². The van der Waals surface area contributed by atoms with Crippen LogP contribution >= 0.6 is 0 Å². The molecule has 0 aromatic heterocycles. The molecule has 0 saturated heterocycles. The number of rotatable bonds is 14. The van der Waals surface area contributed by atoms with Crippen LogP contribution in [0.4, 0.5) is 0 Å². The molecule has 0 nitrogen and oxygen atoms in total. The van der Waals surface area contributed by atoms with E-state index in [1.807, 2.05) is 0 Å². The molecule has 1 aliphatic rings. The lowest BCUT2D eigenvalue weighted by molar-refractivity contribution is 0.286. The van der Waals surface area contributed by atoms with Crippen LogP contribution in [-0.4, -0.2) is 0 Å². The lowest BCUT2D eigenvalue weighted by atomic mass is 9.81. The smallest absolute Gasteiger partial charge is 0.0414 e. The zero-order valence-corrected chi connectivity index (χ0v) is 14.5. The van der Waals surface area contributed by atoms with Gasteiger partial charge in [-0.15, -0.1) is 0 Å². The molecule has 1 rings (SSSR count). The Hall–Kier alpha value is 0. The van der Waals surface area contributed by atoms with E-state index in [-0.39, 0.29) is 0 Å². The fourth-order valence-electron chi connectivity index (χ4n) is 3.48. The summed E-state index contributed by atoms with van der Waals surface area (Å²) in [7, 11) is 0. The van der Waals surface area contributed by atoms with Crippen LogP contribution < -0.4 is 0 Å². The van der Waals surface area contributed by atoms with Gasteiger partial charge in [0.25, 0.3) is 0 Å². The molecule has 1 unspecified atom stereocenters. The standard InChI is InChI=1S/C20H40/c1-3-4-5-10-14-19(2)15-11-8-6-7-9-12-16-20-17-13-18-20/h19-20H,3-18H2,1-2H3. The molecule has 0 heteroatoms. The van der Waals surface area contributed by atoms with Gasteiger partial charge >= 0.3 is 0 Å². The summed E-state index contributed by atoms with van der Waals surface area (Å²) in [5.41, 5.74) is 0. The lowest BCUT2D eigenvalue weighted by Crippen LogP contribution is -2.10. The van der Waals surface area contributed by atoms with Gasteiger partial charge in [-0.25, -0.2) is 0 Å². The molecule has 0 aromatic rings. The summed E-state index contributed by atoms with van der Waals surface area (Å²) in [5.74, 6) is 2.11. The second kappa shape index (κ2) is 12.7. The van der Waals surface area contributed by atoms with E-state index in [2.05, 4.69) is 13.8 Å². The highest BCUT2D eigenvalue weighted by atomic mass is 14.2. The van der Waals surface area contributed by atoms with E-state index in [0.29, 0.717) is 0 Å². The normalized spacial score (nSPS) is 17.1. The second-order valence-electron chi connectivity index (χ2n) is 7.45. The van der Waals surface area contributed by atoms with Crippen molar-refractivity contribution in [2.75, 3.05) is 0 Å². The van der Waals surface area contributed by atoms with Gasteiger partial charge in [-0.1, -0.05) is 117 Å². The highest BCUT2D eigenvalue weighted by Crippen LogP contribution is 2.31. The summed E-state index contributed by atoms with van der Waals surface area (Å²) in [6, 6.07) is 0. The van der Waals surface area contributed by atoms with Crippen molar-refractivity contribution in [3.63, 3.8) is 0 Å². The zero-order valence-electron chi connectivity index (χ0n) is 14.5. The van der Waals surface area contributed by atoms with Crippen molar-refractivity contribution < 1.29 is 0 Å². The first-order valence-electron chi connectivity index (χ1n) is 9.83. The van der Waals surface area contributed by atoms with Crippen LogP contribution in [0.2, 0.25) is 0 Å². The molecule has 120 valence electrons. The van der Waals surface area contributed by atoms with E-state index in [9.17, 15) is 0 Å². The summed E-state index contributed by atoms with van der Waals surface area (Å²) >= 11 is 0. The maximum absolute atomic E-state index is 2.46. The summed E-state index contributed by atoms with van der Waals surface area (Å²) in [6.45, 7) is 4.76. The Bertz CT molecular complexity index is 192. The van der Waals surface area contributed by atoms with Crippen molar-refractivity contribution >= 4 is 0 Å². The number of hydrogen-bond donors (Lipinski definition) is 0. The monoisotopic (exact) mass is 280 g/mol. The maximum Gasteiger partial charge on any atom is -0.0414 e. The first-order chi connectivity index (χ1) is 9.83. The van der Waals surface area contributed by atoms with Gasteiger partial charge in [-0.3, -0.25) is 0 Å². The predicted molar refractivity (Wildman–Crippen MR) is 92.2 cm³/mol. The van der Waals surface area contributed by atoms with Crippen LogP contribution in [0.5, 0.6) is 0 Å². The fraction of sp³-hybridized carbons (Fsp3) is 1.00. The van der Waals surface area contributed by atoms with Crippen molar-refractivity contribution in [3.05, 3.63) is 0 Å². The third-order valence-corrected chi connectivity index (χ3v) is 5.33. The Morgan fingerprint density at radius 2 is 1.30 bits per heavy atom. The molecule has 0 amide bonds. The summed E-state index contributed by atoms with van der Waals surface area (Å²) < 4.78 is 0. The van der Waals surface area contributed by atoms with Gasteiger partial charge in [0.15, 0.2) is 0 Å². The molecule has 0 bridgehead atoms. The van der Waals surface area contributed by atoms with Crippen LogP contribution in [-0.2, 0) is 0 Å². The first kappa shape index (κ1) is 18.1. The maximum atomic E-state index is 2.46. The minimum Gasteiger partial charge on any atom is -0.0654 e. The third-order valence-electron chi connectivity index (χ3n) is 5.33. The minimum absolute atomic E-state index is 0.977. The molecule has 20 heavy (non-hydrogen) atoms. The van der Waals surface area contributed by atoms with Crippen molar-refractivity contribution in [1.29, 1.82) is 0 Å². The molecule has 1 fully saturated rings. The fourth-order valence-corrected chi connectivity index (χ4v) is 3.48. The highest BCUT2D eigenvalue weighted by molar-refractivity contribution is 4.69. The van der Waals surface area contributed by atoms with E-state index in [1.165, 1.54) is 103 Å². The van der Waals surface area contributed by atoms with Gasteiger partial charge < -0.3 is 0 Å². The largest absolute Gasteiger partial charge is 0.0654 e. The minimum atomic E-state index is 0.977. The SMILES string of the molecule is CCCCCCC(C)CCCCCCCCC1CCC1. The summed E-state index contributed by atoms with van der Waals surface area (Å²) in [6.07, 6.45) is 23.8. The summed E-state index contributed by atoms with van der Waals surface area (Å²) in [5, 5.41) is 0. The van der Waals surface area contributed by atoms with Gasteiger partial charge in [0.05, 0.1) is 0 Å². The van der Waals surface area contributed by atoms with Gasteiger partial charge in [-0.2, -0.15) is 0 Å². The number of unbranched alkanes of at least 4 members (excludes halogenated alkanes) is 8. The topological polar surface area (TPSA) is 0 Å².